The van der Waals surface area contributed by atoms with Crippen LogP contribution in [0.5, 0.6) is 0 Å². The Morgan fingerprint density at radius 1 is 1.24 bits per heavy atom. The molecule has 2 aliphatic rings. The summed E-state index contributed by atoms with van der Waals surface area (Å²) in [6.07, 6.45) is 0. The summed E-state index contributed by atoms with van der Waals surface area (Å²) in [6.45, 7) is 12.7. The molecule has 0 saturated carbocycles. The highest BCUT2D eigenvalue weighted by atomic mass is 16.5. The molecule has 0 aromatic rings. The second-order valence-electron chi connectivity index (χ2n) is 5.66. The fourth-order valence-electron chi connectivity index (χ4n) is 2.93. The lowest BCUT2D eigenvalue weighted by molar-refractivity contribution is -0.0360. The second-order valence-corrected chi connectivity index (χ2v) is 5.66. The van der Waals surface area contributed by atoms with E-state index in [0.717, 1.165) is 25.7 Å². The summed E-state index contributed by atoms with van der Waals surface area (Å²) in [5.41, 5.74) is 0. The third kappa shape index (κ3) is 3.19. The van der Waals surface area contributed by atoms with Crippen LogP contribution < -0.4 is 5.32 Å². The smallest absolute Gasteiger partial charge is 0.0620 e. The molecule has 0 spiro atoms. The summed E-state index contributed by atoms with van der Waals surface area (Å²) in [4.78, 5) is 5.22. The summed E-state index contributed by atoms with van der Waals surface area (Å²) < 4.78 is 5.34. The highest BCUT2D eigenvalue weighted by molar-refractivity contribution is 4.93. The van der Waals surface area contributed by atoms with Crippen molar-refractivity contribution < 1.29 is 4.74 Å². The summed E-state index contributed by atoms with van der Waals surface area (Å²) >= 11 is 0. The summed E-state index contributed by atoms with van der Waals surface area (Å²) in [6, 6.07) is 1.38. The Hall–Kier alpha value is -0.160. The van der Waals surface area contributed by atoms with E-state index in [9.17, 15) is 0 Å². The topological polar surface area (TPSA) is 27.7 Å². The fourth-order valence-corrected chi connectivity index (χ4v) is 2.93. The van der Waals surface area contributed by atoms with Crippen LogP contribution in [0, 0.1) is 5.92 Å². The Bertz CT molecular complexity index is 223. The van der Waals surface area contributed by atoms with Crippen molar-refractivity contribution in [3.05, 3.63) is 0 Å². The standard InChI is InChI=1S/C13H27N3O/c1-11(2)13(10-17-3)16-8-12(9-16)15-6-4-14-5-7-15/h11-14H,4-10H2,1-3H3. The molecule has 2 heterocycles. The van der Waals surface area contributed by atoms with Crippen LogP contribution in [-0.4, -0.2) is 74.9 Å². The molecule has 2 rings (SSSR count). The van der Waals surface area contributed by atoms with Crippen LogP contribution in [0.4, 0.5) is 0 Å². The maximum Gasteiger partial charge on any atom is 0.0620 e. The number of nitrogens with zero attached hydrogens (tertiary/aromatic N) is 2. The molecular weight excluding hydrogens is 214 g/mol. The Balaban J connectivity index is 1.76. The van der Waals surface area contributed by atoms with Gasteiger partial charge in [0.1, 0.15) is 0 Å². The lowest BCUT2D eigenvalue weighted by Crippen LogP contribution is -2.66. The first-order chi connectivity index (χ1) is 8.22. The van der Waals surface area contributed by atoms with Gasteiger partial charge in [-0.15, -0.1) is 0 Å². The zero-order valence-corrected chi connectivity index (χ0v) is 11.5. The quantitative estimate of drug-likeness (QED) is 0.746. The van der Waals surface area contributed by atoms with Crippen molar-refractivity contribution in [2.24, 2.45) is 5.92 Å². The monoisotopic (exact) mass is 241 g/mol. The van der Waals surface area contributed by atoms with Gasteiger partial charge in [-0.1, -0.05) is 13.8 Å². The molecule has 2 fully saturated rings. The molecule has 0 bridgehead atoms. The maximum absolute atomic E-state index is 5.34. The Morgan fingerprint density at radius 3 is 2.41 bits per heavy atom. The van der Waals surface area contributed by atoms with Gasteiger partial charge in [-0.3, -0.25) is 9.80 Å². The van der Waals surface area contributed by atoms with Crippen LogP contribution in [0.15, 0.2) is 0 Å². The van der Waals surface area contributed by atoms with Gasteiger partial charge < -0.3 is 10.1 Å². The van der Waals surface area contributed by atoms with E-state index in [2.05, 4.69) is 29.0 Å². The summed E-state index contributed by atoms with van der Waals surface area (Å²) in [7, 11) is 1.81. The molecule has 1 atom stereocenters. The highest BCUT2D eigenvalue weighted by Crippen LogP contribution is 2.22. The summed E-state index contributed by atoms with van der Waals surface area (Å²) in [5, 5.41) is 3.42. The average Bonchev–Trinajstić information content (AvgIpc) is 2.27. The Morgan fingerprint density at radius 2 is 1.88 bits per heavy atom. The minimum Gasteiger partial charge on any atom is -0.383 e. The summed E-state index contributed by atoms with van der Waals surface area (Å²) in [5.74, 6) is 0.680. The molecule has 0 aliphatic carbocycles. The molecule has 0 aromatic carbocycles. The first kappa shape index (κ1) is 13.3. The lowest BCUT2D eigenvalue weighted by atomic mass is 9.96. The molecule has 17 heavy (non-hydrogen) atoms. The molecule has 0 radical (unpaired) electrons. The number of hydrogen-bond acceptors (Lipinski definition) is 4. The van der Waals surface area contributed by atoms with Gasteiger partial charge in [0.2, 0.25) is 0 Å². The van der Waals surface area contributed by atoms with Crippen LogP contribution in [0.1, 0.15) is 13.8 Å². The van der Waals surface area contributed by atoms with E-state index < -0.39 is 0 Å². The van der Waals surface area contributed by atoms with E-state index in [-0.39, 0.29) is 0 Å². The van der Waals surface area contributed by atoms with Crippen LogP contribution in [0.25, 0.3) is 0 Å². The van der Waals surface area contributed by atoms with E-state index in [1.807, 2.05) is 7.11 Å². The lowest BCUT2D eigenvalue weighted by Gasteiger charge is -2.50. The maximum atomic E-state index is 5.34. The van der Waals surface area contributed by atoms with Gasteiger partial charge in [0.25, 0.3) is 0 Å². The van der Waals surface area contributed by atoms with E-state index >= 15 is 0 Å². The van der Waals surface area contributed by atoms with Crippen molar-refractivity contribution in [1.29, 1.82) is 0 Å². The molecule has 1 N–H and O–H groups in total. The normalized spacial score (nSPS) is 26.1. The average molecular weight is 241 g/mol. The zero-order chi connectivity index (χ0) is 12.3. The molecule has 1 unspecified atom stereocenters. The first-order valence-corrected chi connectivity index (χ1v) is 6.90. The fraction of sp³-hybridized carbons (Fsp3) is 1.00. The highest BCUT2D eigenvalue weighted by Gasteiger charge is 2.36. The number of rotatable bonds is 5. The first-order valence-electron chi connectivity index (χ1n) is 6.90. The van der Waals surface area contributed by atoms with Crippen LogP contribution in [0.3, 0.4) is 0 Å². The van der Waals surface area contributed by atoms with E-state index in [1.54, 1.807) is 0 Å². The molecule has 2 aliphatic heterocycles. The third-order valence-electron chi connectivity index (χ3n) is 4.13. The van der Waals surface area contributed by atoms with E-state index in [1.165, 1.54) is 26.2 Å². The third-order valence-corrected chi connectivity index (χ3v) is 4.13. The predicted octanol–water partition coefficient (Wildman–Crippen LogP) is 0.247. The van der Waals surface area contributed by atoms with Crippen molar-refractivity contribution in [3.8, 4) is 0 Å². The van der Waals surface area contributed by atoms with Crippen molar-refractivity contribution in [3.63, 3.8) is 0 Å². The SMILES string of the molecule is COCC(C(C)C)N1CC(N2CCNCC2)C1. The van der Waals surface area contributed by atoms with Gasteiger partial charge in [0.15, 0.2) is 0 Å². The second kappa shape index (κ2) is 6.14. The van der Waals surface area contributed by atoms with Crippen LogP contribution >= 0.6 is 0 Å². The minimum absolute atomic E-state index is 0.596. The Labute approximate surface area is 105 Å². The van der Waals surface area contributed by atoms with E-state index in [4.69, 9.17) is 4.74 Å². The molecular formula is C13H27N3O. The molecule has 0 amide bonds. The van der Waals surface area contributed by atoms with Crippen molar-refractivity contribution in [1.82, 2.24) is 15.1 Å². The predicted molar refractivity (Wildman–Crippen MR) is 70.3 cm³/mol. The molecule has 4 heteroatoms. The minimum atomic E-state index is 0.596. The molecule has 0 aromatic heterocycles. The van der Waals surface area contributed by atoms with Crippen molar-refractivity contribution >= 4 is 0 Å². The van der Waals surface area contributed by atoms with Crippen molar-refractivity contribution in [2.75, 3.05) is 53.0 Å². The van der Waals surface area contributed by atoms with Gasteiger partial charge >= 0.3 is 0 Å². The van der Waals surface area contributed by atoms with Gasteiger partial charge in [0, 0.05) is 58.5 Å². The number of ether oxygens (including phenoxy) is 1. The van der Waals surface area contributed by atoms with Crippen LogP contribution in [0.2, 0.25) is 0 Å². The largest absolute Gasteiger partial charge is 0.383 e. The number of piperazine rings is 1. The number of hydrogen-bond donors (Lipinski definition) is 1. The Kier molecular flexibility index (Phi) is 4.79. The van der Waals surface area contributed by atoms with Gasteiger partial charge in [-0.05, 0) is 5.92 Å². The number of nitrogens with one attached hydrogen (secondary N) is 1. The molecule has 2 saturated heterocycles. The number of methoxy groups -OCH3 is 1. The van der Waals surface area contributed by atoms with Gasteiger partial charge in [-0.2, -0.15) is 0 Å². The molecule has 4 nitrogen and oxygen atoms in total. The van der Waals surface area contributed by atoms with E-state index in [0.29, 0.717) is 12.0 Å². The number of likely N-dealkylation sites (tertiary alicyclic amines) is 1. The molecule has 100 valence electrons. The van der Waals surface area contributed by atoms with Gasteiger partial charge in [0.05, 0.1) is 6.61 Å². The van der Waals surface area contributed by atoms with Gasteiger partial charge in [-0.25, -0.2) is 0 Å². The van der Waals surface area contributed by atoms with Crippen LogP contribution in [-0.2, 0) is 4.74 Å². The van der Waals surface area contributed by atoms with Crippen molar-refractivity contribution in [2.45, 2.75) is 25.9 Å². The zero-order valence-electron chi connectivity index (χ0n) is 11.5.